The number of hydrogen-bond acceptors (Lipinski definition) is 3. The van der Waals surface area contributed by atoms with Gasteiger partial charge in [-0.25, -0.2) is 0 Å². The van der Waals surface area contributed by atoms with E-state index in [4.69, 9.17) is 10.6 Å². The van der Waals surface area contributed by atoms with Crippen molar-refractivity contribution in [3.8, 4) is 0 Å². The predicted octanol–water partition coefficient (Wildman–Crippen LogP) is 1.63. The highest BCUT2D eigenvalue weighted by molar-refractivity contribution is 5.81. The first kappa shape index (κ1) is 7.90. The summed E-state index contributed by atoms with van der Waals surface area (Å²) in [6, 6.07) is 0. The highest BCUT2D eigenvalue weighted by Gasteiger charge is 2.29. The van der Waals surface area contributed by atoms with Crippen LogP contribution in [0.15, 0.2) is 5.16 Å². The zero-order valence-corrected chi connectivity index (χ0v) is 7.33. The van der Waals surface area contributed by atoms with E-state index in [1.54, 1.807) is 0 Å². The summed E-state index contributed by atoms with van der Waals surface area (Å²) in [5, 5.41) is 3.79. The van der Waals surface area contributed by atoms with E-state index >= 15 is 0 Å². The molecule has 0 amide bonds. The van der Waals surface area contributed by atoms with E-state index < -0.39 is 0 Å². The minimum Gasteiger partial charge on any atom is -0.390 e. The summed E-state index contributed by atoms with van der Waals surface area (Å²) < 4.78 is 0. The molecule has 2 N–H and O–H groups in total. The number of nitrogens with two attached hydrogens (primary N) is 1. The van der Waals surface area contributed by atoms with Gasteiger partial charge in [0.15, 0.2) is 0 Å². The molecular weight excluding hydrogens is 152 g/mol. The molecule has 0 aromatic heterocycles. The molecule has 3 heteroatoms. The third-order valence-corrected chi connectivity index (χ3v) is 2.89. The van der Waals surface area contributed by atoms with Crippen LogP contribution in [0.5, 0.6) is 0 Å². The molecule has 2 rings (SSSR count). The van der Waals surface area contributed by atoms with Gasteiger partial charge in [-0.15, -0.1) is 0 Å². The average Bonchev–Trinajstić information content (AvgIpc) is 2.54. The molecule has 1 aliphatic carbocycles. The molecule has 12 heavy (non-hydrogen) atoms. The summed E-state index contributed by atoms with van der Waals surface area (Å²) in [4.78, 5) is 5.27. The second-order valence-electron chi connectivity index (χ2n) is 3.83. The Labute approximate surface area is 72.9 Å². The fourth-order valence-electron chi connectivity index (χ4n) is 2.17. The van der Waals surface area contributed by atoms with Gasteiger partial charge in [0.2, 0.25) is 0 Å². The van der Waals surface area contributed by atoms with Gasteiger partial charge in [-0.3, -0.25) is 0 Å². The molecule has 0 aromatic rings. The third kappa shape index (κ3) is 1.54. The molecule has 0 radical (unpaired) electrons. The van der Waals surface area contributed by atoms with Crippen LogP contribution in [0.3, 0.4) is 0 Å². The van der Waals surface area contributed by atoms with Crippen molar-refractivity contribution in [2.24, 2.45) is 16.8 Å². The lowest BCUT2D eigenvalue weighted by molar-refractivity contribution is 0.0268. The normalized spacial score (nSPS) is 31.3. The molecule has 1 atom stereocenters. The largest absolute Gasteiger partial charge is 0.390 e. The van der Waals surface area contributed by atoms with E-state index in [0.29, 0.717) is 17.9 Å². The van der Waals surface area contributed by atoms with Crippen LogP contribution in [0.2, 0.25) is 0 Å². The van der Waals surface area contributed by atoms with Crippen molar-refractivity contribution in [3.63, 3.8) is 0 Å². The van der Waals surface area contributed by atoms with Gasteiger partial charge in [0.25, 0.3) is 0 Å². The second kappa shape index (κ2) is 3.33. The fourth-order valence-corrected chi connectivity index (χ4v) is 2.17. The van der Waals surface area contributed by atoms with Crippen LogP contribution in [-0.2, 0) is 4.84 Å². The van der Waals surface area contributed by atoms with Crippen LogP contribution in [-0.4, -0.2) is 11.9 Å². The van der Waals surface area contributed by atoms with E-state index in [1.807, 2.05) is 0 Å². The van der Waals surface area contributed by atoms with E-state index in [-0.39, 0.29) is 0 Å². The monoisotopic (exact) mass is 168 g/mol. The van der Waals surface area contributed by atoms with Crippen molar-refractivity contribution in [1.29, 1.82) is 0 Å². The average molecular weight is 168 g/mol. The highest BCUT2D eigenvalue weighted by Crippen LogP contribution is 2.31. The van der Waals surface area contributed by atoms with Crippen molar-refractivity contribution in [2.45, 2.75) is 44.6 Å². The van der Waals surface area contributed by atoms with Crippen LogP contribution in [0, 0.1) is 5.92 Å². The van der Waals surface area contributed by atoms with Crippen molar-refractivity contribution >= 4 is 5.84 Å². The number of nitrogens with zero attached hydrogens (tertiary/aromatic N) is 1. The van der Waals surface area contributed by atoms with Gasteiger partial charge in [-0.05, 0) is 18.8 Å². The van der Waals surface area contributed by atoms with Gasteiger partial charge >= 0.3 is 0 Å². The summed E-state index contributed by atoms with van der Waals surface area (Å²) in [5.74, 6) is 1.38. The Balaban J connectivity index is 1.85. The van der Waals surface area contributed by atoms with Crippen LogP contribution in [0.4, 0.5) is 0 Å². The molecule has 1 heterocycles. The van der Waals surface area contributed by atoms with Crippen LogP contribution >= 0.6 is 0 Å². The Morgan fingerprint density at radius 1 is 1.25 bits per heavy atom. The van der Waals surface area contributed by atoms with Gasteiger partial charge in [0.1, 0.15) is 11.9 Å². The first-order chi connectivity index (χ1) is 5.86. The highest BCUT2D eigenvalue weighted by atomic mass is 16.6. The minimum absolute atomic E-state index is 0.297. The van der Waals surface area contributed by atoms with E-state index in [0.717, 1.165) is 6.42 Å². The molecule has 3 nitrogen and oxygen atoms in total. The van der Waals surface area contributed by atoms with Crippen molar-refractivity contribution < 1.29 is 4.84 Å². The maximum absolute atomic E-state index is 5.56. The summed E-state index contributed by atoms with van der Waals surface area (Å²) >= 11 is 0. The predicted molar refractivity (Wildman–Crippen MR) is 47.7 cm³/mol. The molecule has 2 aliphatic rings. The van der Waals surface area contributed by atoms with E-state index in [9.17, 15) is 0 Å². The van der Waals surface area contributed by atoms with Crippen LogP contribution in [0.25, 0.3) is 0 Å². The summed E-state index contributed by atoms with van der Waals surface area (Å²) in [6.07, 6.45) is 7.84. The van der Waals surface area contributed by atoms with Gasteiger partial charge in [0, 0.05) is 6.42 Å². The molecule has 1 aliphatic heterocycles. The molecule has 1 fully saturated rings. The van der Waals surface area contributed by atoms with Crippen molar-refractivity contribution in [3.05, 3.63) is 0 Å². The molecule has 0 spiro atoms. The zero-order chi connectivity index (χ0) is 8.39. The first-order valence-corrected chi connectivity index (χ1v) is 4.84. The maximum atomic E-state index is 5.56. The Morgan fingerprint density at radius 2 is 2.00 bits per heavy atom. The summed E-state index contributed by atoms with van der Waals surface area (Å²) in [5.41, 5.74) is 5.56. The number of oxime groups is 1. The fraction of sp³-hybridized carbons (Fsp3) is 0.889. The zero-order valence-electron chi connectivity index (χ0n) is 7.33. The van der Waals surface area contributed by atoms with E-state index in [2.05, 4.69) is 5.16 Å². The molecule has 0 saturated heterocycles. The first-order valence-electron chi connectivity index (χ1n) is 4.84. The Kier molecular flexibility index (Phi) is 2.19. The topological polar surface area (TPSA) is 47.6 Å². The molecular formula is C9H16N2O. The van der Waals surface area contributed by atoms with Crippen molar-refractivity contribution in [2.75, 3.05) is 0 Å². The van der Waals surface area contributed by atoms with Gasteiger partial charge < -0.3 is 10.6 Å². The van der Waals surface area contributed by atoms with Gasteiger partial charge in [0.05, 0.1) is 0 Å². The molecule has 1 saturated carbocycles. The quantitative estimate of drug-likeness (QED) is 0.646. The van der Waals surface area contributed by atoms with E-state index in [1.165, 1.54) is 32.1 Å². The smallest absolute Gasteiger partial charge is 0.143 e. The van der Waals surface area contributed by atoms with Crippen molar-refractivity contribution in [1.82, 2.24) is 0 Å². The van der Waals surface area contributed by atoms with Crippen LogP contribution < -0.4 is 5.73 Å². The molecule has 0 aromatic carbocycles. The number of rotatable bonds is 1. The Hall–Kier alpha value is -0.730. The lowest BCUT2D eigenvalue weighted by Crippen LogP contribution is -2.24. The molecule has 68 valence electrons. The lowest BCUT2D eigenvalue weighted by atomic mass is 9.84. The summed E-state index contributed by atoms with van der Waals surface area (Å²) in [6.45, 7) is 0. The van der Waals surface area contributed by atoms with Gasteiger partial charge in [-0.2, -0.15) is 0 Å². The minimum atomic E-state index is 0.297. The van der Waals surface area contributed by atoms with Crippen LogP contribution in [0.1, 0.15) is 38.5 Å². The number of amidine groups is 1. The standard InChI is InChI=1S/C9H16N2O/c10-9-6-8(12-11-9)7-4-2-1-3-5-7/h7-8H,1-6H2,(H2,10,11). The maximum Gasteiger partial charge on any atom is 0.143 e. The lowest BCUT2D eigenvalue weighted by Gasteiger charge is -2.25. The second-order valence-corrected chi connectivity index (χ2v) is 3.83. The molecule has 1 unspecified atom stereocenters. The Bertz CT molecular complexity index is 185. The third-order valence-electron chi connectivity index (χ3n) is 2.89. The van der Waals surface area contributed by atoms with Gasteiger partial charge in [-0.1, -0.05) is 24.4 Å². The molecule has 0 bridgehead atoms. The number of hydrogen-bond donors (Lipinski definition) is 1. The summed E-state index contributed by atoms with van der Waals surface area (Å²) in [7, 11) is 0. The Morgan fingerprint density at radius 3 is 2.58 bits per heavy atom. The SMILES string of the molecule is NC1=NOC(C2CCCCC2)C1.